The van der Waals surface area contributed by atoms with E-state index >= 15 is 0 Å². The Bertz CT molecular complexity index is 177. The van der Waals surface area contributed by atoms with Crippen molar-refractivity contribution in [1.82, 2.24) is 0 Å². The van der Waals surface area contributed by atoms with Crippen LogP contribution in [0, 0.1) is 10.8 Å². The SMILES string of the molecule is [B][C@H]1O[C@@H](CO)C(C)(C)C1(C)C. The van der Waals surface area contributed by atoms with Gasteiger partial charge in [0.05, 0.1) is 12.7 Å². The standard InChI is InChI=1S/C9H17BO2/c1-8(2)6(5-11)12-7(10)9(8,3)4/h6-7,11H,5H2,1-4H3/t6-,7-/m0/s1. The smallest absolute Gasteiger partial charge is 0.109 e. The molecule has 1 aliphatic heterocycles. The van der Waals surface area contributed by atoms with E-state index < -0.39 is 0 Å². The highest BCUT2D eigenvalue weighted by molar-refractivity contribution is 6.11. The Kier molecular flexibility index (Phi) is 2.30. The molecule has 0 aromatic heterocycles. The van der Waals surface area contributed by atoms with E-state index in [1.54, 1.807) is 0 Å². The zero-order valence-electron chi connectivity index (χ0n) is 8.29. The minimum absolute atomic E-state index is 0.0458. The zero-order chi connectivity index (χ0) is 9.57. The van der Waals surface area contributed by atoms with Gasteiger partial charge in [0, 0.05) is 6.00 Å². The summed E-state index contributed by atoms with van der Waals surface area (Å²) in [6.07, 6.45) is -0.137. The van der Waals surface area contributed by atoms with E-state index in [4.69, 9.17) is 17.7 Å². The van der Waals surface area contributed by atoms with Gasteiger partial charge in [-0.15, -0.1) is 0 Å². The molecule has 0 aliphatic carbocycles. The van der Waals surface area contributed by atoms with E-state index in [1.165, 1.54) is 0 Å². The summed E-state index contributed by atoms with van der Waals surface area (Å²) in [6.45, 7) is 8.37. The van der Waals surface area contributed by atoms with Gasteiger partial charge >= 0.3 is 0 Å². The Morgan fingerprint density at radius 1 is 1.25 bits per heavy atom. The third-order valence-corrected chi connectivity index (χ3v) is 3.65. The highest BCUT2D eigenvalue weighted by Crippen LogP contribution is 2.51. The maximum Gasteiger partial charge on any atom is 0.109 e. The highest BCUT2D eigenvalue weighted by atomic mass is 16.5. The lowest BCUT2D eigenvalue weighted by molar-refractivity contribution is 0.00544. The number of hydrogen-bond acceptors (Lipinski definition) is 2. The Balaban J connectivity index is 2.92. The lowest BCUT2D eigenvalue weighted by atomic mass is 9.61. The first-order valence-corrected chi connectivity index (χ1v) is 4.36. The molecule has 0 aromatic carbocycles. The summed E-state index contributed by atoms with van der Waals surface area (Å²) in [7, 11) is 5.82. The Labute approximate surface area is 75.7 Å². The summed E-state index contributed by atoms with van der Waals surface area (Å²) < 4.78 is 5.47. The van der Waals surface area contributed by atoms with E-state index in [2.05, 4.69) is 27.7 Å². The molecular formula is C9H17BO2. The Morgan fingerprint density at radius 2 is 1.75 bits per heavy atom. The summed E-state index contributed by atoms with van der Waals surface area (Å²) in [5.41, 5.74) is -0.151. The Hall–Kier alpha value is -0.0151. The molecule has 0 unspecified atom stereocenters. The monoisotopic (exact) mass is 168 g/mol. The lowest BCUT2D eigenvalue weighted by Gasteiger charge is -2.37. The van der Waals surface area contributed by atoms with Gasteiger partial charge in [0.25, 0.3) is 0 Å². The number of aliphatic hydroxyl groups excluding tert-OH is 1. The molecule has 1 saturated heterocycles. The maximum atomic E-state index is 9.07. The van der Waals surface area contributed by atoms with Crippen LogP contribution in [-0.4, -0.2) is 31.7 Å². The molecule has 68 valence electrons. The minimum Gasteiger partial charge on any atom is -0.394 e. The van der Waals surface area contributed by atoms with Gasteiger partial charge in [-0.1, -0.05) is 27.7 Å². The van der Waals surface area contributed by atoms with Crippen LogP contribution in [0.1, 0.15) is 27.7 Å². The second-order valence-electron chi connectivity index (χ2n) is 4.67. The van der Waals surface area contributed by atoms with Gasteiger partial charge in [0.1, 0.15) is 7.85 Å². The average Bonchev–Trinajstić information content (AvgIpc) is 2.10. The fourth-order valence-electron chi connectivity index (χ4n) is 1.57. The van der Waals surface area contributed by atoms with Crippen LogP contribution < -0.4 is 0 Å². The van der Waals surface area contributed by atoms with Gasteiger partial charge in [-0.2, -0.15) is 0 Å². The van der Waals surface area contributed by atoms with E-state index in [0.29, 0.717) is 0 Å². The molecule has 1 N–H and O–H groups in total. The van der Waals surface area contributed by atoms with E-state index in [9.17, 15) is 0 Å². The molecule has 2 radical (unpaired) electrons. The quantitative estimate of drug-likeness (QED) is 0.590. The molecule has 1 aliphatic rings. The second kappa shape index (κ2) is 2.74. The number of hydrogen-bond donors (Lipinski definition) is 1. The van der Waals surface area contributed by atoms with Gasteiger partial charge < -0.3 is 9.84 Å². The molecule has 0 aromatic rings. The van der Waals surface area contributed by atoms with Crippen molar-refractivity contribution < 1.29 is 9.84 Å². The van der Waals surface area contributed by atoms with Crippen molar-refractivity contribution in [2.24, 2.45) is 10.8 Å². The van der Waals surface area contributed by atoms with Crippen molar-refractivity contribution in [2.45, 2.75) is 39.8 Å². The van der Waals surface area contributed by atoms with Crippen LogP contribution in [-0.2, 0) is 4.74 Å². The Morgan fingerprint density at radius 3 is 1.92 bits per heavy atom. The molecule has 1 fully saturated rings. The molecule has 0 amide bonds. The van der Waals surface area contributed by atoms with Gasteiger partial charge in [-0.3, -0.25) is 0 Å². The first-order chi connectivity index (χ1) is 5.34. The van der Waals surface area contributed by atoms with Crippen molar-refractivity contribution in [2.75, 3.05) is 6.61 Å². The van der Waals surface area contributed by atoms with Crippen LogP contribution in [0.4, 0.5) is 0 Å². The van der Waals surface area contributed by atoms with Crippen LogP contribution in [0.5, 0.6) is 0 Å². The molecular weight excluding hydrogens is 151 g/mol. The number of rotatable bonds is 1. The molecule has 1 heterocycles. The molecule has 2 atom stereocenters. The zero-order valence-corrected chi connectivity index (χ0v) is 8.29. The molecule has 0 bridgehead atoms. The third kappa shape index (κ3) is 1.11. The molecule has 0 saturated carbocycles. The van der Waals surface area contributed by atoms with Gasteiger partial charge in [-0.05, 0) is 10.8 Å². The first-order valence-electron chi connectivity index (χ1n) is 4.36. The van der Waals surface area contributed by atoms with Crippen molar-refractivity contribution in [3.05, 3.63) is 0 Å². The van der Waals surface area contributed by atoms with Gasteiger partial charge in [0.2, 0.25) is 0 Å². The lowest BCUT2D eigenvalue weighted by Crippen LogP contribution is -2.39. The maximum absolute atomic E-state index is 9.07. The summed E-state index contributed by atoms with van der Waals surface area (Å²) in [5, 5.41) is 9.07. The number of aliphatic hydroxyl groups is 1. The van der Waals surface area contributed by atoms with Crippen LogP contribution >= 0.6 is 0 Å². The highest BCUT2D eigenvalue weighted by Gasteiger charge is 2.53. The average molecular weight is 168 g/mol. The van der Waals surface area contributed by atoms with Crippen LogP contribution in [0.2, 0.25) is 0 Å². The predicted molar refractivity (Wildman–Crippen MR) is 49.1 cm³/mol. The number of ether oxygens (including phenoxy) is 1. The summed E-state index contributed by atoms with van der Waals surface area (Å²) in [6, 6.07) is -0.273. The van der Waals surface area contributed by atoms with Crippen molar-refractivity contribution >= 4 is 7.85 Å². The molecule has 12 heavy (non-hydrogen) atoms. The normalized spacial score (nSPS) is 38.4. The molecule has 3 heteroatoms. The predicted octanol–water partition coefficient (Wildman–Crippen LogP) is 0.924. The third-order valence-electron chi connectivity index (χ3n) is 3.65. The van der Waals surface area contributed by atoms with Crippen LogP contribution in [0.15, 0.2) is 0 Å². The van der Waals surface area contributed by atoms with Crippen LogP contribution in [0.25, 0.3) is 0 Å². The van der Waals surface area contributed by atoms with Crippen molar-refractivity contribution in [3.63, 3.8) is 0 Å². The summed E-state index contributed by atoms with van der Waals surface area (Å²) >= 11 is 0. The van der Waals surface area contributed by atoms with Crippen LogP contribution in [0.3, 0.4) is 0 Å². The van der Waals surface area contributed by atoms with E-state index in [0.717, 1.165) is 0 Å². The fraction of sp³-hybridized carbons (Fsp3) is 1.00. The summed E-state index contributed by atoms with van der Waals surface area (Å²) in [4.78, 5) is 0. The fourth-order valence-corrected chi connectivity index (χ4v) is 1.57. The molecule has 2 nitrogen and oxygen atoms in total. The summed E-state index contributed by atoms with van der Waals surface area (Å²) in [5.74, 6) is 0. The minimum atomic E-state index is -0.273. The van der Waals surface area contributed by atoms with Gasteiger partial charge in [0.15, 0.2) is 0 Å². The first kappa shape index (κ1) is 10.1. The molecule has 0 spiro atoms. The second-order valence-corrected chi connectivity index (χ2v) is 4.67. The van der Waals surface area contributed by atoms with E-state index in [-0.39, 0.29) is 29.5 Å². The van der Waals surface area contributed by atoms with Crippen molar-refractivity contribution in [1.29, 1.82) is 0 Å². The molecule has 1 rings (SSSR count). The van der Waals surface area contributed by atoms with E-state index in [1.807, 2.05) is 0 Å². The largest absolute Gasteiger partial charge is 0.394 e. The van der Waals surface area contributed by atoms with Gasteiger partial charge in [-0.25, -0.2) is 0 Å². The topological polar surface area (TPSA) is 29.5 Å². The van der Waals surface area contributed by atoms with Crippen molar-refractivity contribution in [3.8, 4) is 0 Å².